The minimum Gasteiger partial charge on any atom is -0.497 e. The Labute approximate surface area is 161 Å². The molecule has 27 heavy (non-hydrogen) atoms. The second-order valence-electron chi connectivity index (χ2n) is 6.35. The van der Waals surface area contributed by atoms with E-state index in [9.17, 15) is 4.79 Å². The summed E-state index contributed by atoms with van der Waals surface area (Å²) >= 11 is 5.91. The molecule has 1 atom stereocenters. The second-order valence-corrected chi connectivity index (χ2v) is 6.78. The first kappa shape index (κ1) is 17.5. The number of carbonyl (C=O) groups excluding carboxylic acids is 1. The number of amides is 1. The van der Waals surface area contributed by atoms with Gasteiger partial charge in [-0.1, -0.05) is 16.8 Å². The third-order valence-corrected chi connectivity index (χ3v) is 4.93. The van der Waals surface area contributed by atoms with E-state index >= 15 is 0 Å². The normalized spacial score (nSPS) is 16.5. The quantitative estimate of drug-likeness (QED) is 0.668. The van der Waals surface area contributed by atoms with Gasteiger partial charge in [0.2, 0.25) is 11.7 Å². The van der Waals surface area contributed by atoms with Gasteiger partial charge in [0.05, 0.1) is 7.11 Å². The Morgan fingerprint density at radius 1 is 1.19 bits per heavy atom. The summed E-state index contributed by atoms with van der Waals surface area (Å²) in [5.41, 5.74) is 1.43. The zero-order valence-corrected chi connectivity index (χ0v) is 15.5. The fourth-order valence-electron chi connectivity index (χ4n) is 3.25. The molecule has 0 bridgehead atoms. The average Bonchev–Trinajstić information content (AvgIpc) is 3.37. The van der Waals surface area contributed by atoms with Gasteiger partial charge >= 0.3 is 0 Å². The van der Waals surface area contributed by atoms with Crippen molar-refractivity contribution in [3.05, 3.63) is 65.0 Å². The molecule has 2 heterocycles. The number of methoxy groups -OCH3 is 1. The van der Waals surface area contributed by atoms with Crippen molar-refractivity contribution in [3.63, 3.8) is 0 Å². The summed E-state index contributed by atoms with van der Waals surface area (Å²) in [5.74, 6) is 1.66. The molecule has 0 unspecified atom stereocenters. The molecule has 0 spiro atoms. The van der Waals surface area contributed by atoms with Crippen LogP contribution in [0.15, 0.2) is 53.1 Å². The van der Waals surface area contributed by atoms with E-state index in [1.807, 2.05) is 24.3 Å². The number of carbonyl (C=O) groups is 1. The highest BCUT2D eigenvalue weighted by Gasteiger charge is 2.34. The van der Waals surface area contributed by atoms with Gasteiger partial charge in [-0.2, -0.15) is 4.98 Å². The van der Waals surface area contributed by atoms with Crippen LogP contribution in [0.25, 0.3) is 11.4 Å². The third-order valence-electron chi connectivity index (χ3n) is 4.68. The topological polar surface area (TPSA) is 68.5 Å². The highest BCUT2D eigenvalue weighted by atomic mass is 35.5. The summed E-state index contributed by atoms with van der Waals surface area (Å²) in [6, 6.07) is 14.1. The molecule has 1 aliphatic rings. The molecular formula is C20H18ClN3O3. The molecule has 1 aromatic heterocycles. The molecule has 3 aromatic rings. The maximum Gasteiger partial charge on any atom is 0.254 e. The third kappa shape index (κ3) is 3.53. The molecule has 0 radical (unpaired) electrons. The average molecular weight is 384 g/mol. The number of benzene rings is 2. The number of nitrogens with zero attached hydrogens (tertiary/aromatic N) is 3. The van der Waals surface area contributed by atoms with Gasteiger partial charge in [-0.25, -0.2) is 0 Å². The molecule has 0 aliphatic carbocycles. The molecular weight excluding hydrogens is 366 g/mol. The first-order valence-corrected chi connectivity index (χ1v) is 9.08. The summed E-state index contributed by atoms with van der Waals surface area (Å²) in [4.78, 5) is 19.2. The van der Waals surface area contributed by atoms with Crippen LogP contribution in [-0.4, -0.2) is 34.6 Å². The number of likely N-dealkylation sites (tertiary alicyclic amines) is 1. The van der Waals surface area contributed by atoms with Gasteiger partial charge in [-0.05, 0) is 61.4 Å². The van der Waals surface area contributed by atoms with Gasteiger partial charge in [0.1, 0.15) is 11.8 Å². The predicted molar refractivity (Wildman–Crippen MR) is 101 cm³/mol. The van der Waals surface area contributed by atoms with Crippen LogP contribution >= 0.6 is 11.6 Å². The summed E-state index contributed by atoms with van der Waals surface area (Å²) in [6.45, 7) is 0.659. The molecule has 4 rings (SSSR count). The van der Waals surface area contributed by atoms with Crippen LogP contribution in [-0.2, 0) is 0 Å². The van der Waals surface area contributed by atoms with Gasteiger partial charge in [-0.3, -0.25) is 4.79 Å². The molecule has 0 saturated carbocycles. The zero-order valence-electron chi connectivity index (χ0n) is 14.8. The molecule has 0 N–H and O–H groups in total. The number of aromatic nitrogens is 2. The highest BCUT2D eigenvalue weighted by molar-refractivity contribution is 6.30. The van der Waals surface area contributed by atoms with E-state index in [1.165, 1.54) is 0 Å². The van der Waals surface area contributed by atoms with Crippen molar-refractivity contribution in [2.75, 3.05) is 13.7 Å². The number of hydrogen-bond donors (Lipinski definition) is 0. The van der Waals surface area contributed by atoms with E-state index in [4.69, 9.17) is 20.9 Å². The fraction of sp³-hybridized carbons (Fsp3) is 0.250. The molecule has 1 aliphatic heterocycles. The lowest BCUT2D eigenvalue weighted by molar-refractivity contribution is 0.0710. The van der Waals surface area contributed by atoms with Crippen LogP contribution in [0.4, 0.5) is 0 Å². The Kier molecular flexibility index (Phi) is 4.81. The van der Waals surface area contributed by atoms with Crippen LogP contribution in [0.3, 0.4) is 0 Å². The lowest BCUT2D eigenvalue weighted by atomic mass is 10.1. The summed E-state index contributed by atoms with van der Waals surface area (Å²) in [7, 11) is 1.62. The Hall–Kier alpha value is -2.86. The zero-order chi connectivity index (χ0) is 18.8. The van der Waals surface area contributed by atoms with Crippen molar-refractivity contribution in [3.8, 4) is 17.1 Å². The van der Waals surface area contributed by atoms with Crippen LogP contribution in [0, 0.1) is 0 Å². The monoisotopic (exact) mass is 383 g/mol. The molecule has 138 valence electrons. The van der Waals surface area contributed by atoms with E-state index in [2.05, 4.69) is 10.1 Å². The van der Waals surface area contributed by atoms with Crippen LogP contribution in [0.5, 0.6) is 5.75 Å². The molecule has 2 aromatic carbocycles. The Morgan fingerprint density at radius 3 is 2.63 bits per heavy atom. The van der Waals surface area contributed by atoms with Crippen molar-refractivity contribution in [2.45, 2.75) is 18.9 Å². The lowest BCUT2D eigenvalue weighted by Crippen LogP contribution is -2.30. The highest BCUT2D eigenvalue weighted by Crippen LogP contribution is 2.33. The van der Waals surface area contributed by atoms with Crippen LogP contribution in [0.2, 0.25) is 5.02 Å². The van der Waals surface area contributed by atoms with Gasteiger partial charge in [-0.15, -0.1) is 0 Å². The summed E-state index contributed by atoms with van der Waals surface area (Å²) < 4.78 is 10.7. The van der Waals surface area contributed by atoms with E-state index in [0.717, 1.165) is 24.2 Å². The van der Waals surface area contributed by atoms with E-state index < -0.39 is 0 Å². The van der Waals surface area contributed by atoms with Crippen molar-refractivity contribution >= 4 is 17.5 Å². The van der Waals surface area contributed by atoms with Crippen molar-refractivity contribution in [2.24, 2.45) is 0 Å². The smallest absolute Gasteiger partial charge is 0.254 e. The number of ether oxygens (including phenoxy) is 1. The first-order chi connectivity index (χ1) is 13.2. The minimum atomic E-state index is -0.215. The summed E-state index contributed by atoms with van der Waals surface area (Å²) in [6.07, 6.45) is 1.69. The van der Waals surface area contributed by atoms with Crippen LogP contribution < -0.4 is 4.74 Å². The number of hydrogen-bond acceptors (Lipinski definition) is 5. The van der Waals surface area contributed by atoms with Crippen LogP contribution in [0.1, 0.15) is 35.1 Å². The second kappa shape index (κ2) is 7.40. The maximum absolute atomic E-state index is 12.9. The minimum absolute atomic E-state index is 0.0571. The van der Waals surface area contributed by atoms with Gasteiger partial charge < -0.3 is 14.2 Å². The molecule has 1 fully saturated rings. The fourth-order valence-corrected chi connectivity index (χ4v) is 3.38. The Balaban J connectivity index is 1.56. The molecule has 7 heteroatoms. The number of halogens is 1. The summed E-state index contributed by atoms with van der Waals surface area (Å²) in [5, 5.41) is 4.68. The van der Waals surface area contributed by atoms with Gasteiger partial charge in [0.25, 0.3) is 5.91 Å². The number of rotatable bonds is 4. The predicted octanol–water partition coefficient (Wildman–Crippen LogP) is 4.38. The van der Waals surface area contributed by atoms with E-state index in [1.54, 1.807) is 36.3 Å². The molecule has 6 nitrogen and oxygen atoms in total. The lowest BCUT2D eigenvalue weighted by Gasteiger charge is -2.21. The van der Waals surface area contributed by atoms with E-state index in [-0.39, 0.29) is 11.9 Å². The van der Waals surface area contributed by atoms with E-state index in [0.29, 0.717) is 28.8 Å². The van der Waals surface area contributed by atoms with Crippen molar-refractivity contribution < 1.29 is 14.1 Å². The largest absolute Gasteiger partial charge is 0.497 e. The SMILES string of the molecule is COc1ccc(-c2noc([C@@H]3CCCN3C(=O)c3ccc(Cl)cc3)n2)cc1. The Bertz CT molecular complexity index is 938. The van der Waals surface area contributed by atoms with Gasteiger partial charge in [0.15, 0.2) is 0 Å². The molecule has 1 saturated heterocycles. The maximum atomic E-state index is 12.9. The molecule has 1 amide bonds. The first-order valence-electron chi connectivity index (χ1n) is 8.70. The van der Waals surface area contributed by atoms with Gasteiger partial charge in [0, 0.05) is 22.7 Å². The standard InChI is InChI=1S/C20H18ClN3O3/c1-26-16-10-6-13(7-11-16)18-22-19(27-23-18)17-3-2-12-24(17)20(25)14-4-8-15(21)9-5-14/h4-11,17H,2-3,12H2,1H3/t17-/m0/s1. The Morgan fingerprint density at radius 2 is 1.93 bits per heavy atom. The van der Waals surface area contributed by atoms with Crippen molar-refractivity contribution in [1.29, 1.82) is 0 Å². The van der Waals surface area contributed by atoms with Crippen molar-refractivity contribution in [1.82, 2.24) is 15.0 Å².